The zero-order chi connectivity index (χ0) is 28.2. The average molecular weight is 547 g/mol. The Morgan fingerprint density at radius 2 is 1.55 bits per heavy atom. The van der Waals surface area contributed by atoms with Gasteiger partial charge in [0.1, 0.15) is 23.9 Å². The average Bonchev–Trinajstić information content (AvgIpc) is 3.17. The number of hydrogen-bond acceptors (Lipinski definition) is 7. The van der Waals surface area contributed by atoms with Crippen molar-refractivity contribution in [2.24, 2.45) is 5.92 Å². The highest BCUT2D eigenvalue weighted by atomic mass is 16.5. The van der Waals surface area contributed by atoms with Crippen LogP contribution in [-0.2, 0) is 13.2 Å². The van der Waals surface area contributed by atoms with Crippen molar-refractivity contribution in [1.29, 1.82) is 0 Å². The summed E-state index contributed by atoms with van der Waals surface area (Å²) in [7, 11) is 7.03. The summed E-state index contributed by atoms with van der Waals surface area (Å²) in [6.07, 6.45) is 6.55. The number of ketones is 1. The summed E-state index contributed by atoms with van der Waals surface area (Å²) in [6, 6.07) is 15.6. The number of fused-ring (bicyclic) bond motifs is 2. The number of hydrogen-bond donors (Lipinski definition) is 0. The normalized spacial score (nSPS) is 20.2. The van der Waals surface area contributed by atoms with Crippen molar-refractivity contribution in [3.8, 4) is 23.0 Å². The summed E-state index contributed by atoms with van der Waals surface area (Å²) in [6.45, 7) is 0.558. The Kier molecular flexibility index (Phi) is 8.45. The quantitative estimate of drug-likeness (QED) is 0.315. The largest absolute Gasteiger partial charge is 0.497 e. The first-order valence-electron chi connectivity index (χ1n) is 13.8. The van der Waals surface area contributed by atoms with Gasteiger partial charge in [-0.05, 0) is 68.5 Å². The van der Waals surface area contributed by atoms with Gasteiger partial charge < -0.3 is 28.4 Å². The van der Waals surface area contributed by atoms with Crippen LogP contribution in [0.25, 0.3) is 0 Å². The van der Waals surface area contributed by atoms with E-state index in [1.54, 1.807) is 27.5 Å². The number of carbonyl (C=O) groups is 1. The summed E-state index contributed by atoms with van der Waals surface area (Å²) in [5.74, 6) is 2.57. The number of rotatable bonds is 11. The van der Waals surface area contributed by atoms with Crippen LogP contribution in [-0.4, -0.2) is 55.7 Å². The molecule has 2 aromatic carbocycles. The number of ether oxygens (including phenoxy) is 4. The van der Waals surface area contributed by atoms with E-state index >= 15 is 0 Å². The van der Waals surface area contributed by atoms with Gasteiger partial charge in [0.15, 0.2) is 11.5 Å². The van der Waals surface area contributed by atoms with E-state index in [1.807, 2.05) is 47.0 Å². The fraction of sp³-hybridized carbons (Fsp3) is 0.438. The summed E-state index contributed by atoms with van der Waals surface area (Å²) in [5, 5.41) is 0. The first kappa shape index (κ1) is 27.8. The van der Waals surface area contributed by atoms with E-state index in [1.165, 1.54) is 18.9 Å². The lowest BCUT2D eigenvalue weighted by molar-refractivity contribution is 0.0873. The molecule has 0 amide bonds. The van der Waals surface area contributed by atoms with Gasteiger partial charge >= 0.3 is 0 Å². The maximum absolute atomic E-state index is 13.7. The minimum Gasteiger partial charge on any atom is -0.497 e. The summed E-state index contributed by atoms with van der Waals surface area (Å²) in [4.78, 5) is 29.4. The molecule has 0 spiro atoms. The van der Waals surface area contributed by atoms with Crippen LogP contribution in [0, 0.1) is 5.92 Å². The molecule has 2 fully saturated rings. The standard InChI is InChI=1S/C32H38N2O6/c1-33-24-8-9-25(33)14-22(13-24)15-29(35)28-17-30(36)32(40-20-21-5-10-26(37-2)11-6-21)19-34(28)18-23-7-12-27(38-3)16-31(23)39-4/h5-7,10-12,16-17,19,22,24-25H,8-9,13-15,18,20H2,1-4H3/t22?,24-,25+. The van der Waals surface area contributed by atoms with Crippen molar-refractivity contribution in [1.82, 2.24) is 9.47 Å². The van der Waals surface area contributed by atoms with Gasteiger partial charge in [-0.1, -0.05) is 12.1 Å². The van der Waals surface area contributed by atoms with E-state index in [9.17, 15) is 9.59 Å². The number of pyridine rings is 1. The van der Waals surface area contributed by atoms with Crippen LogP contribution in [0.3, 0.4) is 0 Å². The molecule has 212 valence electrons. The van der Waals surface area contributed by atoms with Gasteiger partial charge in [-0.3, -0.25) is 9.59 Å². The maximum Gasteiger partial charge on any atom is 0.224 e. The molecule has 2 aliphatic rings. The van der Waals surface area contributed by atoms with Crippen LogP contribution in [0.4, 0.5) is 0 Å². The Morgan fingerprint density at radius 1 is 0.875 bits per heavy atom. The Balaban J connectivity index is 1.42. The summed E-state index contributed by atoms with van der Waals surface area (Å²) in [5.41, 5.74) is 1.85. The predicted molar refractivity (Wildman–Crippen MR) is 153 cm³/mol. The molecule has 8 nitrogen and oxygen atoms in total. The molecule has 5 rings (SSSR count). The third-order valence-electron chi connectivity index (χ3n) is 8.44. The van der Waals surface area contributed by atoms with Gasteiger partial charge in [0, 0.05) is 36.2 Å². The summed E-state index contributed by atoms with van der Waals surface area (Å²) < 4.78 is 24.0. The van der Waals surface area contributed by atoms with Crippen LogP contribution in [0.15, 0.2) is 59.5 Å². The minimum atomic E-state index is -0.307. The Morgan fingerprint density at radius 3 is 2.20 bits per heavy atom. The van der Waals surface area contributed by atoms with E-state index in [0.29, 0.717) is 48.2 Å². The van der Waals surface area contributed by atoms with Crippen LogP contribution < -0.4 is 24.4 Å². The predicted octanol–water partition coefficient (Wildman–Crippen LogP) is 4.95. The zero-order valence-electron chi connectivity index (χ0n) is 23.7. The Bertz CT molecular complexity index is 1390. The third kappa shape index (κ3) is 6.02. The van der Waals surface area contributed by atoms with Crippen molar-refractivity contribution in [3.05, 3.63) is 81.8 Å². The summed E-state index contributed by atoms with van der Waals surface area (Å²) >= 11 is 0. The topological polar surface area (TPSA) is 79.2 Å². The van der Waals surface area contributed by atoms with Crippen LogP contribution >= 0.6 is 0 Å². The Hall–Kier alpha value is -3.78. The molecule has 0 aliphatic carbocycles. The first-order chi connectivity index (χ1) is 19.4. The molecule has 2 saturated heterocycles. The number of nitrogens with zero attached hydrogens (tertiary/aromatic N) is 2. The number of methoxy groups -OCH3 is 3. The lowest BCUT2D eigenvalue weighted by Gasteiger charge is -2.36. The number of piperidine rings is 1. The fourth-order valence-corrected chi connectivity index (χ4v) is 6.14. The van der Waals surface area contributed by atoms with Crippen LogP contribution in [0.5, 0.6) is 23.0 Å². The van der Waals surface area contributed by atoms with E-state index < -0.39 is 0 Å². The van der Waals surface area contributed by atoms with Gasteiger partial charge in [-0.15, -0.1) is 0 Å². The lowest BCUT2D eigenvalue weighted by Crippen LogP contribution is -2.40. The molecule has 0 N–H and O–H groups in total. The van der Waals surface area contributed by atoms with Crippen LogP contribution in [0.1, 0.15) is 53.7 Å². The smallest absolute Gasteiger partial charge is 0.224 e. The van der Waals surface area contributed by atoms with Crippen molar-refractivity contribution in [2.45, 2.75) is 57.3 Å². The molecular formula is C32H38N2O6. The second-order valence-electron chi connectivity index (χ2n) is 10.8. The number of benzene rings is 2. The molecule has 0 saturated carbocycles. The fourth-order valence-electron chi connectivity index (χ4n) is 6.14. The van der Waals surface area contributed by atoms with E-state index in [2.05, 4.69) is 11.9 Å². The minimum absolute atomic E-state index is 0.0137. The van der Waals surface area contributed by atoms with E-state index in [-0.39, 0.29) is 23.6 Å². The zero-order valence-corrected chi connectivity index (χ0v) is 23.7. The second kappa shape index (κ2) is 12.2. The molecule has 1 unspecified atom stereocenters. The molecule has 3 heterocycles. The maximum atomic E-state index is 13.7. The lowest BCUT2D eigenvalue weighted by atomic mass is 9.86. The van der Waals surface area contributed by atoms with E-state index in [0.717, 1.165) is 29.7 Å². The van der Waals surface area contributed by atoms with Crippen LogP contribution in [0.2, 0.25) is 0 Å². The highest BCUT2D eigenvalue weighted by Gasteiger charge is 2.39. The van der Waals surface area contributed by atoms with Crippen molar-refractivity contribution < 1.29 is 23.7 Å². The molecule has 3 atom stereocenters. The van der Waals surface area contributed by atoms with Gasteiger partial charge in [0.2, 0.25) is 5.43 Å². The van der Waals surface area contributed by atoms with Gasteiger partial charge in [0.05, 0.1) is 39.8 Å². The molecule has 3 aromatic rings. The number of aromatic nitrogens is 1. The number of Topliss-reactive ketones (excluding diaryl/α,β-unsaturated/α-hetero) is 1. The molecule has 40 heavy (non-hydrogen) atoms. The third-order valence-corrected chi connectivity index (χ3v) is 8.44. The first-order valence-corrected chi connectivity index (χ1v) is 13.8. The monoisotopic (exact) mass is 546 g/mol. The highest BCUT2D eigenvalue weighted by Crippen LogP contribution is 2.39. The highest BCUT2D eigenvalue weighted by molar-refractivity contribution is 5.94. The van der Waals surface area contributed by atoms with Gasteiger partial charge in [-0.2, -0.15) is 0 Å². The Labute approximate surface area is 235 Å². The van der Waals surface area contributed by atoms with Crippen molar-refractivity contribution in [2.75, 3.05) is 28.4 Å². The SMILES string of the molecule is COc1ccc(COc2cn(Cc3ccc(OC)cc3OC)c(C(=O)CC3C[C@H]4CC[C@@H](C3)N4C)cc2=O)cc1. The molecular weight excluding hydrogens is 508 g/mol. The second-order valence-corrected chi connectivity index (χ2v) is 10.8. The van der Waals surface area contributed by atoms with Crippen molar-refractivity contribution in [3.63, 3.8) is 0 Å². The van der Waals surface area contributed by atoms with Gasteiger partial charge in [-0.25, -0.2) is 0 Å². The molecule has 2 aliphatic heterocycles. The van der Waals surface area contributed by atoms with Gasteiger partial charge in [0.25, 0.3) is 0 Å². The molecule has 2 bridgehead atoms. The molecule has 8 heteroatoms. The molecule has 1 aromatic heterocycles. The van der Waals surface area contributed by atoms with Crippen molar-refractivity contribution >= 4 is 5.78 Å². The number of carbonyl (C=O) groups excluding carboxylic acids is 1. The molecule has 0 radical (unpaired) electrons. The van der Waals surface area contributed by atoms with E-state index in [4.69, 9.17) is 18.9 Å².